The van der Waals surface area contributed by atoms with E-state index in [2.05, 4.69) is 26.6 Å². The highest BCUT2D eigenvalue weighted by molar-refractivity contribution is 7.11. The van der Waals surface area contributed by atoms with Crippen LogP contribution in [0.1, 0.15) is 6.42 Å². The van der Waals surface area contributed by atoms with Gasteiger partial charge in [0.15, 0.2) is 0 Å². The van der Waals surface area contributed by atoms with E-state index in [1.165, 1.54) is 24.5 Å². The highest BCUT2D eigenvalue weighted by atomic mass is 32.1. The SMILES string of the molecule is CN1CCC(CNc2snc(N)c2-c2ccncc2)C1. The number of nitrogens with two attached hydrogens (primary N) is 1. The topological polar surface area (TPSA) is 67.1 Å². The number of nitrogens with zero attached hydrogens (tertiary/aromatic N) is 3. The van der Waals surface area contributed by atoms with Crippen LogP contribution in [0.2, 0.25) is 0 Å². The monoisotopic (exact) mass is 289 g/mol. The summed E-state index contributed by atoms with van der Waals surface area (Å²) in [5, 5.41) is 4.58. The van der Waals surface area contributed by atoms with E-state index in [0.29, 0.717) is 11.7 Å². The van der Waals surface area contributed by atoms with Crippen LogP contribution in [0.5, 0.6) is 0 Å². The molecule has 0 aliphatic carbocycles. The van der Waals surface area contributed by atoms with Crippen molar-refractivity contribution >= 4 is 22.4 Å². The normalized spacial score (nSPS) is 19.4. The van der Waals surface area contributed by atoms with Gasteiger partial charge in [-0.15, -0.1) is 0 Å². The predicted molar refractivity (Wildman–Crippen MR) is 83.9 cm³/mol. The van der Waals surface area contributed by atoms with Crippen LogP contribution in [-0.4, -0.2) is 40.9 Å². The van der Waals surface area contributed by atoms with Crippen LogP contribution in [0.25, 0.3) is 11.1 Å². The molecule has 1 saturated heterocycles. The number of hydrogen-bond acceptors (Lipinski definition) is 6. The minimum atomic E-state index is 0.590. The smallest absolute Gasteiger partial charge is 0.147 e. The Kier molecular flexibility index (Phi) is 3.84. The van der Waals surface area contributed by atoms with Crippen LogP contribution >= 0.6 is 11.5 Å². The molecule has 3 N–H and O–H groups in total. The zero-order chi connectivity index (χ0) is 13.9. The summed E-state index contributed by atoms with van der Waals surface area (Å²) >= 11 is 1.44. The Bertz CT molecular complexity index is 568. The number of rotatable bonds is 4. The van der Waals surface area contributed by atoms with Crippen LogP contribution in [0, 0.1) is 5.92 Å². The molecule has 2 aromatic rings. The molecule has 0 spiro atoms. The van der Waals surface area contributed by atoms with Crippen molar-refractivity contribution in [1.29, 1.82) is 0 Å². The van der Waals surface area contributed by atoms with E-state index in [1.54, 1.807) is 12.4 Å². The predicted octanol–water partition coefficient (Wildman–Crippen LogP) is 2.15. The lowest BCUT2D eigenvalue weighted by Crippen LogP contribution is -2.19. The molecule has 20 heavy (non-hydrogen) atoms. The number of nitrogens with one attached hydrogen (secondary N) is 1. The summed E-state index contributed by atoms with van der Waals surface area (Å²) in [6.45, 7) is 3.32. The molecule has 1 fully saturated rings. The highest BCUT2D eigenvalue weighted by Gasteiger charge is 2.20. The fourth-order valence-corrected chi connectivity index (χ4v) is 3.39. The van der Waals surface area contributed by atoms with E-state index in [1.807, 2.05) is 12.1 Å². The second-order valence-electron chi connectivity index (χ2n) is 5.31. The molecule has 0 bridgehead atoms. The van der Waals surface area contributed by atoms with Gasteiger partial charge in [-0.3, -0.25) is 4.98 Å². The minimum absolute atomic E-state index is 0.590. The summed E-state index contributed by atoms with van der Waals surface area (Å²) in [5.41, 5.74) is 8.08. The number of hydrogen-bond donors (Lipinski definition) is 2. The molecule has 2 aromatic heterocycles. The Morgan fingerprint density at radius 2 is 2.25 bits per heavy atom. The Morgan fingerprint density at radius 1 is 1.45 bits per heavy atom. The maximum atomic E-state index is 6.01. The van der Waals surface area contributed by atoms with Gasteiger partial charge < -0.3 is 16.0 Å². The second kappa shape index (κ2) is 5.76. The molecule has 0 saturated carbocycles. The van der Waals surface area contributed by atoms with Gasteiger partial charge in [-0.25, -0.2) is 0 Å². The molecule has 1 unspecified atom stereocenters. The largest absolute Gasteiger partial charge is 0.382 e. The standard InChI is InChI=1S/C14H19N5S/c1-19-7-4-10(9-19)8-17-14-12(13(15)18-20-14)11-2-5-16-6-3-11/h2-3,5-6,10,17H,4,7-9H2,1H3,(H2,15,18). The van der Waals surface area contributed by atoms with Crippen molar-refractivity contribution in [1.82, 2.24) is 14.3 Å². The van der Waals surface area contributed by atoms with E-state index in [9.17, 15) is 0 Å². The van der Waals surface area contributed by atoms with Gasteiger partial charge in [0.2, 0.25) is 0 Å². The van der Waals surface area contributed by atoms with Crippen molar-refractivity contribution in [3.05, 3.63) is 24.5 Å². The molecular weight excluding hydrogens is 270 g/mol. The number of aromatic nitrogens is 2. The van der Waals surface area contributed by atoms with Gasteiger partial charge in [0, 0.05) is 25.5 Å². The van der Waals surface area contributed by atoms with Crippen LogP contribution in [0.4, 0.5) is 10.8 Å². The van der Waals surface area contributed by atoms with Crippen LogP contribution in [0.15, 0.2) is 24.5 Å². The van der Waals surface area contributed by atoms with E-state index in [-0.39, 0.29) is 0 Å². The van der Waals surface area contributed by atoms with Crippen LogP contribution < -0.4 is 11.1 Å². The van der Waals surface area contributed by atoms with E-state index < -0.39 is 0 Å². The van der Waals surface area contributed by atoms with Gasteiger partial charge in [0.05, 0.1) is 5.56 Å². The Balaban J connectivity index is 1.74. The lowest BCUT2D eigenvalue weighted by Gasteiger charge is -2.12. The third-order valence-electron chi connectivity index (χ3n) is 3.73. The summed E-state index contributed by atoms with van der Waals surface area (Å²) in [6, 6.07) is 3.93. The third kappa shape index (κ3) is 2.76. The van der Waals surface area contributed by atoms with E-state index in [4.69, 9.17) is 5.73 Å². The summed E-state index contributed by atoms with van der Waals surface area (Å²) in [4.78, 5) is 6.42. The summed E-state index contributed by atoms with van der Waals surface area (Å²) in [6.07, 6.45) is 4.81. The van der Waals surface area contributed by atoms with Crippen molar-refractivity contribution < 1.29 is 0 Å². The van der Waals surface area contributed by atoms with Gasteiger partial charge in [0.25, 0.3) is 0 Å². The van der Waals surface area contributed by atoms with Crippen LogP contribution in [-0.2, 0) is 0 Å². The number of anilines is 2. The zero-order valence-electron chi connectivity index (χ0n) is 11.5. The van der Waals surface area contributed by atoms with E-state index in [0.717, 1.165) is 29.2 Å². The molecule has 3 rings (SSSR count). The zero-order valence-corrected chi connectivity index (χ0v) is 12.4. The average Bonchev–Trinajstić information content (AvgIpc) is 3.03. The molecule has 3 heterocycles. The molecule has 1 atom stereocenters. The molecule has 5 nitrogen and oxygen atoms in total. The number of pyridine rings is 1. The van der Waals surface area contributed by atoms with Gasteiger partial charge in [-0.2, -0.15) is 4.37 Å². The molecule has 1 aliphatic rings. The highest BCUT2D eigenvalue weighted by Crippen LogP contribution is 2.36. The van der Waals surface area contributed by atoms with Crippen molar-refractivity contribution in [2.24, 2.45) is 5.92 Å². The number of likely N-dealkylation sites (tertiary alicyclic amines) is 1. The lowest BCUT2D eigenvalue weighted by atomic mass is 10.1. The Labute approximate surface area is 123 Å². The molecule has 106 valence electrons. The lowest BCUT2D eigenvalue weighted by molar-refractivity contribution is 0.399. The molecule has 1 aliphatic heterocycles. The van der Waals surface area contributed by atoms with E-state index >= 15 is 0 Å². The van der Waals surface area contributed by atoms with Crippen LogP contribution in [0.3, 0.4) is 0 Å². The summed E-state index contributed by atoms with van der Waals surface area (Å²) in [5.74, 6) is 1.29. The fourth-order valence-electron chi connectivity index (χ4n) is 2.65. The maximum absolute atomic E-state index is 6.01. The Hall–Kier alpha value is -1.66. The Morgan fingerprint density at radius 3 is 2.95 bits per heavy atom. The number of nitrogen functional groups attached to an aromatic ring is 1. The molecule has 0 aromatic carbocycles. The maximum Gasteiger partial charge on any atom is 0.147 e. The van der Waals surface area contributed by atoms with Gasteiger partial charge in [-0.1, -0.05) is 0 Å². The first-order chi connectivity index (χ1) is 9.74. The van der Waals surface area contributed by atoms with Crippen molar-refractivity contribution in [2.45, 2.75) is 6.42 Å². The van der Waals surface area contributed by atoms with Gasteiger partial charge >= 0.3 is 0 Å². The molecule has 0 radical (unpaired) electrons. The molecule has 6 heteroatoms. The van der Waals surface area contributed by atoms with Crippen molar-refractivity contribution in [3.8, 4) is 11.1 Å². The third-order valence-corrected chi connectivity index (χ3v) is 4.55. The first-order valence-corrected chi connectivity index (χ1v) is 7.59. The summed E-state index contributed by atoms with van der Waals surface area (Å²) < 4.78 is 4.28. The van der Waals surface area contributed by atoms with Gasteiger partial charge in [0.1, 0.15) is 10.8 Å². The minimum Gasteiger partial charge on any atom is -0.382 e. The first kappa shape index (κ1) is 13.3. The fraction of sp³-hybridized carbons (Fsp3) is 0.429. The molecule has 0 amide bonds. The van der Waals surface area contributed by atoms with Crippen molar-refractivity contribution in [2.75, 3.05) is 37.7 Å². The van der Waals surface area contributed by atoms with Gasteiger partial charge in [-0.05, 0) is 55.2 Å². The quantitative estimate of drug-likeness (QED) is 0.903. The average molecular weight is 289 g/mol. The second-order valence-corrected chi connectivity index (χ2v) is 6.08. The summed E-state index contributed by atoms with van der Waals surface area (Å²) in [7, 11) is 2.17. The first-order valence-electron chi connectivity index (χ1n) is 6.82. The molecular formula is C14H19N5S. The van der Waals surface area contributed by atoms with Crippen molar-refractivity contribution in [3.63, 3.8) is 0 Å².